The van der Waals surface area contributed by atoms with Crippen LogP contribution in [0.25, 0.3) is 224 Å². The molecule has 0 aliphatic heterocycles. The van der Waals surface area contributed by atoms with E-state index in [-0.39, 0.29) is 16.2 Å². The van der Waals surface area contributed by atoms with Crippen molar-refractivity contribution in [1.82, 2.24) is 44.9 Å². The van der Waals surface area contributed by atoms with Crippen LogP contribution in [-0.2, 0) is 16.2 Å². The zero-order chi connectivity index (χ0) is 89.2. The molecular formula is C121H85N9O3. The largest absolute Gasteiger partial charge is 0.456 e. The molecule has 0 bridgehead atoms. The molecule has 3 aliphatic carbocycles. The smallest absolute Gasteiger partial charge is 0.164 e. The van der Waals surface area contributed by atoms with Gasteiger partial charge < -0.3 is 13.3 Å². The second kappa shape index (κ2) is 31.8. The Morgan fingerprint density at radius 2 is 0.466 bits per heavy atom. The van der Waals surface area contributed by atoms with Gasteiger partial charge in [-0.2, -0.15) is 0 Å². The summed E-state index contributed by atoms with van der Waals surface area (Å²) < 4.78 is 18.8. The predicted octanol–water partition coefficient (Wildman–Crippen LogP) is 31.0. The van der Waals surface area contributed by atoms with E-state index in [1.807, 2.05) is 146 Å². The van der Waals surface area contributed by atoms with E-state index in [2.05, 4.69) is 290 Å². The van der Waals surface area contributed by atoms with Crippen LogP contribution >= 0.6 is 0 Å². The number of hydrogen-bond donors (Lipinski definition) is 0. The molecule has 6 heterocycles. The third-order valence-electron chi connectivity index (χ3n) is 27.4. The number of hydrogen-bond acceptors (Lipinski definition) is 12. The fourth-order valence-electron chi connectivity index (χ4n) is 20.4. The summed E-state index contributed by atoms with van der Waals surface area (Å²) in [6.45, 7) is 13.8. The summed E-state index contributed by atoms with van der Waals surface area (Å²) in [6.07, 6.45) is 0.960. The van der Waals surface area contributed by atoms with Crippen LogP contribution < -0.4 is 0 Å². The first-order valence-electron chi connectivity index (χ1n) is 45.4. The van der Waals surface area contributed by atoms with Crippen LogP contribution in [0.4, 0.5) is 0 Å². The molecule has 12 heteroatoms. The molecule has 23 aromatic rings. The van der Waals surface area contributed by atoms with Gasteiger partial charge in [-0.15, -0.1) is 0 Å². The summed E-state index contributed by atoms with van der Waals surface area (Å²) in [4.78, 5) is 45.3. The van der Waals surface area contributed by atoms with E-state index in [1.54, 1.807) is 0 Å². The molecular weight excluding hydrogens is 1630 g/mol. The molecule has 0 saturated carbocycles. The molecule has 0 fully saturated rings. The van der Waals surface area contributed by atoms with Crippen LogP contribution in [0.15, 0.2) is 408 Å². The number of benzene rings is 17. The minimum atomic E-state index is -0.217. The van der Waals surface area contributed by atoms with Gasteiger partial charge >= 0.3 is 0 Å². The van der Waals surface area contributed by atoms with Gasteiger partial charge in [0.05, 0.1) is 0 Å². The first-order chi connectivity index (χ1) is 65.2. The molecule has 26 rings (SSSR count). The molecule has 0 N–H and O–H groups in total. The van der Waals surface area contributed by atoms with Crippen molar-refractivity contribution in [2.24, 2.45) is 0 Å². The van der Waals surface area contributed by atoms with Gasteiger partial charge in [-0.25, -0.2) is 44.9 Å². The lowest BCUT2D eigenvalue weighted by Gasteiger charge is -2.26. The Hall–Kier alpha value is -16.8. The van der Waals surface area contributed by atoms with Gasteiger partial charge in [0.25, 0.3) is 0 Å². The fourth-order valence-corrected chi connectivity index (χ4v) is 20.4. The van der Waals surface area contributed by atoms with Crippen LogP contribution in [0.5, 0.6) is 0 Å². The number of rotatable bonds is 12. The van der Waals surface area contributed by atoms with Gasteiger partial charge in [0.2, 0.25) is 0 Å². The number of fused-ring (bicyclic) bond motifs is 21. The predicted molar refractivity (Wildman–Crippen MR) is 538 cm³/mol. The standard InChI is InChI=1S/C43H31N3O.C42H29N3O.C36H25N3O/c1-3-43(2)34-23-24-37-39(33-19-10-11-20-36(33)47-37)38(34)32-22-21-31(26-35(32)43)42-45-40(28-15-8-5-9-16-28)44-41(46-42)30-18-12-17-29(25-30)27-13-6-4-7-14-27;1-42(2)33-23-24-36-38(32-19-11-12-20-35(32)46-36)37(33)31-22-21-28(25-34(31)42)40-43-39(27-15-7-4-8-16-27)44-41(45-40)30-18-10-9-17-29(30)26-13-5-3-6-14-26;1-36(2)27-19-20-30-32(26-15-9-10-16-29(26)40-30)31(27)25-18-17-24(21-28(25)36)35-38-33(22-11-5-3-6-12-22)37-34(39-35)23-13-7-4-8-14-23/h4-26H,3H2,1-2H3;3-25H,1-2H3;3-21H,1-2H3. The van der Waals surface area contributed by atoms with Crippen molar-refractivity contribution in [2.75, 3.05) is 0 Å². The summed E-state index contributed by atoms with van der Waals surface area (Å²) in [6, 6.07) is 136. The maximum absolute atomic E-state index is 6.31. The topological polar surface area (TPSA) is 155 Å². The van der Waals surface area contributed by atoms with Crippen molar-refractivity contribution >= 4 is 65.8 Å². The lowest BCUT2D eigenvalue weighted by molar-refractivity contribution is 0.564. The number of furan rings is 3. The van der Waals surface area contributed by atoms with Gasteiger partial charge in [0.1, 0.15) is 33.5 Å². The SMILES string of the molecule is CC1(C)c2cc(-c3nc(-c4ccccc4)nc(-c4ccccc4)n3)ccc2-c2c1ccc1oc3ccccc3c21.CC1(C)c2cc(-c3nc(-c4ccccc4)nc(-c4ccccc4-c4ccccc4)n3)ccc2-c2c1ccc1oc3ccccc3c21.CCC1(C)c2cc(-c3nc(-c4ccccc4)nc(-c4cccc(-c5ccccc5)c4)n3)ccc2-c2c1ccc1oc3ccccc3c21. The average Bonchev–Trinajstić information content (AvgIpc) is 1.53. The summed E-state index contributed by atoms with van der Waals surface area (Å²) in [7, 11) is 0. The highest BCUT2D eigenvalue weighted by Gasteiger charge is 2.43. The van der Waals surface area contributed by atoms with E-state index < -0.39 is 0 Å². The van der Waals surface area contributed by atoms with Crippen molar-refractivity contribution in [3.63, 3.8) is 0 Å². The van der Waals surface area contributed by atoms with Crippen molar-refractivity contribution in [3.8, 4) is 158 Å². The van der Waals surface area contributed by atoms with Crippen LogP contribution in [-0.4, -0.2) is 44.9 Å². The Balaban J connectivity index is 0.000000110. The van der Waals surface area contributed by atoms with Gasteiger partial charge in [-0.3, -0.25) is 0 Å². The van der Waals surface area contributed by atoms with Gasteiger partial charge in [-0.1, -0.05) is 375 Å². The minimum Gasteiger partial charge on any atom is -0.456 e. The Kier molecular flexibility index (Phi) is 19.0. The van der Waals surface area contributed by atoms with E-state index in [9.17, 15) is 0 Å². The molecule has 1 unspecified atom stereocenters. The number of para-hydroxylation sites is 3. The fraction of sp³-hybridized carbons (Fsp3) is 0.0826. The molecule has 17 aromatic carbocycles. The Morgan fingerprint density at radius 1 is 0.188 bits per heavy atom. The quantitative estimate of drug-likeness (QED) is 0.114. The molecule has 3 aliphatic rings. The maximum Gasteiger partial charge on any atom is 0.164 e. The van der Waals surface area contributed by atoms with Crippen LogP contribution in [0.2, 0.25) is 0 Å². The highest BCUT2D eigenvalue weighted by Crippen LogP contribution is 2.58. The molecule has 133 heavy (non-hydrogen) atoms. The van der Waals surface area contributed by atoms with Crippen molar-refractivity contribution in [2.45, 2.75) is 64.2 Å². The normalized spacial score (nSPS) is 14.0. The minimum absolute atomic E-state index is 0.171. The third-order valence-corrected chi connectivity index (χ3v) is 27.4. The third kappa shape index (κ3) is 13.5. The monoisotopic (exact) mass is 1710 g/mol. The summed E-state index contributed by atoms with van der Waals surface area (Å²) in [5, 5.41) is 7.01. The average molecular weight is 1710 g/mol. The molecule has 0 radical (unpaired) electrons. The van der Waals surface area contributed by atoms with Crippen molar-refractivity contribution < 1.29 is 13.3 Å². The maximum atomic E-state index is 6.31. The molecule has 12 nitrogen and oxygen atoms in total. The Labute approximate surface area is 768 Å². The second-order valence-corrected chi connectivity index (χ2v) is 35.8. The zero-order valence-corrected chi connectivity index (χ0v) is 74.0. The molecule has 0 amide bonds. The van der Waals surface area contributed by atoms with E-state index in [0.29, 0.717) is 52.4 Å². The van der Waals surface area contributed by atoms with Gasteiger partial charge in [-0.05, 0) is 156 Å². The Bertz CT molecular complexity index is 8510. The molecule has 0 saturated heterocycles. The van der Waals surface area contributed by atoms with Gasteiger partial charge in [0, 0.05) is 98.6 Å². The van der Waals surface area contributed by atoms with Gasteiger partial charge in [0.15, 0.2) is 52.4 Å². The lowest BCUT2D eigenvalue weighted by Crippen LogP contribution is -2.19. The highest BCUT2D eigenvalue weighted by molar-refractivity contribution is 6.18. The lowest BCUT2D eigenvalue weighted by atomic mass is 9.77. The number of nitrogens with zero attached hydrogens (tertiary/aromatic N) is 9. The van der Waals surface area contributed by atoms with Crippen molar-refractivity contribution in [3.05, 3.63) is 428 Å². The molecule has 0 spiro atoms. The van der Waals surface area contributed by atoms with Crippen molar-refractivity contribution in [1.29, 1.82) is 0 Å². The first kappa shape index (κ1) is 79.6. The molecule has 1 atom stereocenters. The summed E-state index contributed by atoms with van der Waals surface area (Å²) in [5.41, 5.74) is 33.4. The van der Waals surface area contributed by atoms with E-state index in [0.717, 1.165) is 128 Å². The van der Waals surface area contributed by atoms with Crippen LogP contribution in [0.1, 0.15) is 81.3 Å². The highest BCUT2D eigenvalue weighted by atomic mass is 16.3. The van der Waals surface area contributed by atoms with Crippen LogP contribution in [0.3, 0.4) is 0 Å². The zero-order valence-electron chi connectivity index (χ0n) is 74.0. The van der Waals surface area contributed by atoms with E-state index in [1.165, 1.54) is 82.9 Å². The van der Waals surface area contributed by atoms with E-state index in [4.69, 9.17) is 58.1 Å². The first-order valence-corrected chi connectivity index (χ1v) is 45.4. The Morgan fingerprint density at radius 3 is 0.850 bits per heavy atom. The molecule has 6 aromatic heterocycles. The summed E-state index contributed by atoms with van der Waals surface area (Å²) in [5.74, 6) is 5.93. The summed E-state index contributed by atoms with van der Waals surface area (Å²) >= 11 is 0. The molecule has 632 valence electrons. The second-order valence-electron chi connectivity index (χ2n) is 35.8. The van der Waals surface area contributed by atoms with E-state index >= 15 is 0 Å². The van der Waals surface area contributed by atoms with Crippen LogP contribution in [0, 0.1) is 0 Å². The number of aromatic nitrogens is 9.